The first-order chi connectivity index (χ1) is 8.75. The van der Waals surface area contributed by atoms with Crippen molar-refractivity contribution in [3.05, 3.63) is 0 Å². The van der Waals surface area contributed by atoms with E-state index in [1.54, 1.807) is 0 Å². The molecule has 18 heavy (non-hydrogen) atoms. The second-order valence-corrected chi connectivity index (χ2v) is 6.51. The van der Waals surface area contributed by atoms with Gasteiger partial charge in [-0.25, -0.2) is 0 Å². The number of hydrogen-bond donors (Lipinski definition) is 2. The van der Waals surface area contributed by atoms with Crippen LogP contribution in [0.15, 0.2) is 0 Å². The van der Waals surface area contributed by atoms with Gasteiger partial charge in [-0.3, -0.25) is 4.79 Å². The van der Waals surface area contributed by atoms with Gasteiger partial charge in [-0.2, -0.15) is 0 Å². The normalized spacial score (nSPS) is 31.9. The molecule has 0 spiro atoms. The van der Waals surface area contributed by atoms with Crippen molar-refractivity contribution < 1.29 is 4.79 Å². The van der Waals surface area contributed by atoms with E-state index in [0.717, 1.165) is 50.1 Å². The van der Waals surface area contributed by atoms with Gasteiger partial charge >= 0.3 is 0 Å². The van der Waals surface area contributed by atoms with Gasteiger partial charge in [0.15, 0.2) is 0 Å². The zero-order chi connectivity index (χ0) is 12.6. The number of carbonyl (C=O) groups is 1. The van der Waals surface area contributed by atoms with E-state index >= 15 is 0 Å². The van der Waals surface area contributed by atoms with Gasteiger partial charge in [0, 0.05) is 6.54 Å². The molecular weight excluding hydrogens is 224 g/mol. The maximum atomic E-state index is 12.4. The summed E-state index contributed by atoms with van der Waals surface area (Å²) in [5.74, 6) is 2.89. The predicted octanol–water partition coefficient (Wildman–Crippen LogP) is 2.07. The van der Waals surface area contributed by atoms with Gasteiger partial charge in [-0.15, -0.1) is 0 Å². The molecule has 3 aliphatic rings. The fourth-order valence-corrected chi connectivity index (χ4v) is 3.61. The fraction of sp³-hybridized carbons (Fsp3) is 0.933. The molecule has 3 nitrogen and oxygen atoms in total. The van der Waals surface area contributed by atoms with E-state index < -0.39 is 0 Å². The first kappa shape index (κ1) is 12.5. The van der Waals surface area contributed by atoms with E-state index in [2.05, 4.69) is 17.6 Å². The fourth-order valence-electron chi connectivity index (χ4n) is 3.61. The predicted molar refractivity (Wildman–Crippen MR) is 72.2 cm³/mol. The van der Waals surface area contributed by atoms with Crippen LogP contribution in [0, 0.1) is 17.8 Å². The molecule has 2 aliphatic carbocycles. The number of amides is 1. The Morgan fingerprint density at radius 1 is 1.33 bits per heavy atom. The van der Waals surface area contributed by atoms with Gasteiger partial charge in [0.05, 0.1) is 5.54 Å². The van der Waals surface area contributed by atoms with E-state index in [9.17, 15) is 4.79 Å². The van der Waals surface area contributed by atoms with Gasteiger partial charge in [-0.05, 0) is 69.2 Å². The van der Waals surface area contributed by atoms with Crippen molar-refractivity contribution >= 4 is 5.91 Å². The Bertz CT molecular complexity index is 302. The molecule has 1 amide bonds. The standard InChI is InChI=1S/C15H26N2O/c1-2-15(8-3-9-17-15)14(18)16-10-13(11-4-5-11)12-6-7-12/h11-13,17H,2-10H2,1H3,(H,16,18). The zero-order valence-corrected chi connectivity index (χ0v) is 11.5. The Morgan fingerprint density at radius 3 is 2.44 bits per heavy atom. The number of rotatable bonds is 6. The van der Waals surface area contributed by atoms with Gasteiger partial charge in [0.2, 0.25) is 5.91 Å². The molecule has 0 radical (unpaired) electrons. The molecule has 3 rings (SSSR count). The maximum Gasteiger partial charge on any atom is 0.240 e. The van der Waals surface area contributed by atoms with Crippen molar-refractivity contribution in [1.82, 2.24) is 10.6 Å². The Labute approximate surface area is 110 Å². The largest absolute Gasteiger partial charge is 0.354 e. The molecule has 3 heteroatoms. The smallest absolute Gasteiger partial charge is 0.240 e. The van der Waals surface area contributed by atoms with E-state index in [4.69, 9.17) is 0 Å². The second-order valence-electron chi connectivity index (χ2n) is 6.51. The third-order valence-electron chi connectivity index (χ3n) is 5.24. The second kappa shape index (κ2) is 4.84. The van der Waals surface area contributed by atoms with E-state index in [-0.39, 0.29) is 11.4 Å². The molecular formula is C15H26N2O. The average Bonchev–Trinajstić information content (AvgIpc) is 3.30. The lowest BCUT2D eigenvalue weighted by molar-refractivity contribution is -0.127. The average molecular weight is 250 g/mol. The van der Waals surface area contributed by atoms with Crippen LogP contribution in [0.3, 0.4) is 0 Å². The van der Waals surface area contributed by atoms with Crippen LogP contribution >= 0.6 is 0 Å². The molecule has 1 saturated heterocycles. The molecule has 1 unspecified atom stereocenters. The van der Waals surface area contributed by atoms with Crippen molar-refractivity contribution in [3.8, 4) is 0 Å². The van der Waals surface area contributed by atoms with Crippen molar-refractivity contribution in [2.45, 2.75) is 57.4 Å². The lowest BCUT2D eigenvalue weighted by Crippen LogP contribution is -2.54. The third-order valence-corrected chi connectivity index (χ3v) is 5.24. The van der Waals surface area contributed by atoms with Crippen LogP contribution < -0.4 is 10.6 Å². The molecule has 1 atom stereocenters. The highest BCUT2D eigenvalue weighted by Gasteiger charge is 2.43. The minimum atomic E-state index is -0.252. The zero-order valence-electron chi connectivity index (χ0n) is 11.5. The summed E-state index contributed by atoms with van der Waals surface area (Å²) in [6.07, 6.45) is 8.64. The minimum absolute atomic E-state index is 0.252. The van der Waals surface area contributed by atoms with E-state index in [1.807, 2.05) is 0 Å². The van der Waals surface area contributed by atoms with Crippen molar-refractivity contribution in [1.29, 1.82) is 0 Å². The monoisotopic (exact) mass is 250 g/mol. The molecule has 0 bridgehead atoms. The molecule has 2 saturated carbocycles. The summed E-state index contributed by atoms with van der Waals surface area (Å²) in [5.41, 5.74) is -0.252. The molecule has 0 aromatic heterocycles. The van der Waals surface area contributed by atoms with E-state index in [1.165, 1.54) is 25.7 Å². The first-order valence-electron chi connectivity index (χ1n) is 7.78. The molecule has 102 valence electrons. The minimum Gasteiger partial charge on any atom is -0.354 e. The maximum absolute atomic E-state index is 12.4. The number of carbonyl (C=O) groups excluding carboxylic acids is 1. The first-order valence-corrected chi connectivity index (χ1v) is 7.78. The van der Waals surface area contributed by atoms with Gasteiger partial charge in [0.1, 0.15) is 0 Å². The quantitative estimate of drug-likeness (QED) is 0.758. The SMILES string of the molecule is CCC1(C(=O)NCC(C2CC2)C2CC2)CCCN1. The summed E-state index contributed by atoms with van der Waals surface area (Å²) in [6, 6.07) is 0. The number of nitrogens with one attached hydrogen (secondary N) is 2. The van der Waals surface area contributed by atoms with Gasteiger partial charge < -0.3 is 10.6 Å². The van der Waals surface area contributed by atoms with Crippen LogP contribution in [-0.4, -0.2) is 24.5 Å². The lowest BCUT2D eigenvalue weighted by atomic mass is 9.92. The van der Waals surface area contributed by atoms with Crippen LogP contribution in [0.2, 0.25) is 0 Å². The number of hydrogen-bond acceptors (Lipinski definition) is 2. The Balaban J connectivity index is 1.53. The van der Waals surface area contributed by atoms with Crippen molar-refractivity contribution in [2.75, 3.05) is 13.1 Å². The van der Waals surface area contributed by atoms with E-state index in [0.29, 0.717) is 0 Å². The summed E-state index contributed by atoms with van der Waals surface area (Å²) in [7, 11) is 0. The van der Waals surface area contributed by atoms with Crippen LogP contribution in [0.4, 0.5) is 0 Å². The molecule has 1 heterocycles. The van der Waals surface area contributed by atoms with Crippen LogP contribution in [-0.2, 0) is 4.79 Å². The highest BCUT2D eigenvalue weighted by molar-refractivity contribution is 5.86. The summed E-state index contributed by atoms with van der Waals surface area (Å²) < 4.78 is 0. The summed E-state index contributed by atoms with van der Waals surface area (Å²) in [4.78, 5) is 12.4. The summed E-state index contributed by atoms with van der Waals surface area (Å²) in [6.45, 7) is 4.05. The van der Waals surface area contributed by atoms with Crippen LogP contribution in [0.1, 0.15) is 51.9 Å². The Kier molecular flexibility index (Phi) is 3.35. The highest BCUT2D eigenvalue weighted by atomic mass is 16.2. The third kappa shape index (κ3) is 2.42. The van der Waals surface area contributed by atoms with Crippen LogP contribution in [0.25, 0.3) is 0 Å². The van der Waals surface area contributed by atoms with Gasteiger partial charge in [0.25, 0.3) is 0 Å². The lowest BCUT2D eigenvalue weighted by Gasteiger charge is -2.28. The Hall–Kier alpha value is -0.570. The van der Waals surface area contributed by atoms with Gasteiger partial charge in [-0.1, -0.05) is 6.92 Å². The summed E-state index contributed by atoms with van der Waals surface area (Å²) >= 11 is 0. The molecule has 0 aromatic rings. The topological polar surface area (TPSA) is 41.1 Å². The van der Waals surface area contributed by atoms with Crippen LogP contribution in [0.5, 0.6) is 0 Å². The molecule has 0 aromatic carbocycles. The molecule has 2 N–H and O–H groups in total. The summed E-state index contributed by atoms with van der Waals surface area (Å²) in [5, 5.41) is 6.68. The molecule has 3 fully saturated rings. The Morgan fingerprint density at radius 2 is 2.00 bits per heavy atom. The highest BCUT2D eigenvalue weighted by Crippen LogP contribution is 2.48. The van der Waals surface area contributed by atoms with Crippen molar-refractivity contribution in [2.24, 2.45) is 17.8 Å². The van der Waals surface area contributed by atoms with Crippen molar-refractivity contribution in [3.63, 3.8) is 0 Å². The molecule has 1 aliphatic heterocycles.